The molecule has 0 saturated carbocycles. The second-order valence-corrected chi connectivity index (χ2v) is 8.57. The summed E-state index contributed by atoms with van der Waals surface area (Å²) in [6.07, 6.45) is -1.00. The first kappa shape index (κ1) is 24.6. The van der Waals surface area contributed by atoms with Crippen molar-refractivity contribution in [1.29, 1.82) is 0 Å². The van der Waals surface area contributed by atoms with Crippen LogP contribution >= 0.6 is 0 Å². The van der Waals surface area contributed by atoms with Crippen molar-refractivity contribution in [2.24, 2.45) is 0 Å². The van der Waals surface area contributed by atoms with E-state index in [0.29, 0.717) is 17.2 Å². The number of para-hydroxylation sites is 1. The van der Waals surface area contributed by atoms with E-state index in [4.69, 9.17) is 19.3 Å². The number of esters is 1. The number of aromatic carboxylic acids is 1. The van der Waals surface area contributed by atoms with E-state index in [1.807, 2.05) is 95.6 Å². The van der Waals surface area contributed by atoms with Gasteiger partial charge in [0.05, 0.1) is 11.1 Å². The molecule has 0 amide bonds. The number of carbonyl (C=O) groups is 2. The van der Waals surface area contributed by atoms with Crippen molar-refractivity contribution in [1.82, 2.24) is 4.57 Å². The van der Waals surface area contributed by atoms with Crippen LogP contribution in [0.5, 0.6) is 11.6 Å². The molecule has 1 heterocycles. The third-order valence-corrected chi connectivity index (χ3v) is 6.01. The smallest absolute Gasteiger partial charge is 0.352 e. The standard InChI is InChI=1S/C31H25NO6/c33-30(34)24-15-17-26(18-16-24)37-21-32-27-14-8-7-13-25(27)19-28(32)38-29(23-11-5-2-6-12-23)31(35)36-20-22-9-3-1-4-10-22/h1-19,29H,20-21H2,(H,33,34). The first-order valence-corrected chi connectivity index (χ1v) is 12.0. The average Bonchev–Trinajstić information content (AvgIpc) is 3.31. The molecule has 0 aliphatic heterocycles. The number of carboxylic acids is 1. The van der Waals surface area contributed by atoms with Gasteiger partial charge >= 0.3 is 11.9 Å². The minimum Gasteiger partial charge on any atom is -0.478 e. The fourth-order valence-corrected chi connectivity index (χ4v) is 4.05. The van der Waals surface area contributed by atoms with Crippen LogP contribution in [0.1, 0.15) is 27.6 Å². The second-order valence-electron chi connectivity index (χ2n) is 8.57. The molecular formula is C31H25NO6. The van der Waals surface area contributed by atoms with Crippen LogP contribution in [0.3, 0.4) is 0 Å². The van der Waals surface area contributed by atoms with E-state index in [0.717, 1.165) is 16.5 Å². The molecule has 5 rings (SSSR count). The minimum atomic E-state index is -1.00. The zero-order valence-corrected chi connectivity index (χ0v) is 20.4. The van der Waals surface area contributed by atoms with Crippen LogP contribution in [0, 0.1) is 0 Å². The van der Waals surface area contributed by atoms with E-state index in [9.17, 15) is 9.59 Å². The number of aromatic nitrogens is 1. The molecule has 5 aromatic rings. The number of hydrogen-bond donors (Lipinski definition) is 1. The molecule has 0 fully saturated rings. The van der Waals surface area contributed by atoms with Gasteiger partial charge in [0.15, 0.2) is 12.6 Å². The number of rotatable bonds is 10. The molecule has 0 aliphatic carbocycles. The highest BCUT2D eigenvalue weighted by molar-refractivity contribution is 5.87. The molecule has 7 heteroatoms. The molecule has 0 radical (unpaired) electrons. The Kier molecular flexibility index (Phi) is 7.36. The number of ether oxygens (including phenoxy) is 3. The Balaban J connectivity index is 1.42. The number of hydrogen-bond acceptors (Lipinski definition) is 5. The zero-order chi connectivity index (χ0) is 26.3. The molecule has 0 spiro atoms. The minimum absolute atomic E-state index is 0.0792. The molecule has 38 heavy (non-hydrogen) atoms. The van der Waals surface area contributed by atoms with Gasteiger partial charge in [-0.3, -0.25) is 4.57 Å². The van der Waals surface area contributed by atoms with Gasteiger partial charge < -0.3 is 19.3 Å². The maximum absolute atomic E-state index is 13.3. The van der Waals surface area contributed by atoms with Gasteiger partial charge in [0.1, 0.15) is 12.4 Å². The van der Waals surface area contributed by atoms with Gasteiger partial charge in [0.2, 0.25) is 6.10 Å². The lowest BCUT2D eigenvalue weighted by Gasteiger charge is -2.20. The summed E-state index contributed by atoms with van der Waals surface area (Å²) in [7, 11) is 0. The van der Waals surface area contributed by atoms with Gasteiger partial charge in [-0.2, -0.15) is 0 Å². The van der Waals surface area contributed by atoms with Crippen LogP contribution < -0.4 is 9.47 Å². The first-order chi connectivity index (χ1) is 18.6. The molecule has 1 atom stereocenters. The van der Waals surface area contributed by atoms with Crippen LogP contribution in [0.2, 0.25) is 0 Å². The van der Waals surface area contributed by atoms with Crippen LogP contribution in [0.25, 0.3) is 10.9 Å². The van der Waals surface area contributed by atoms with Crippen molar-refractivity contribution in [3.63, 3.8) is 0 Å². The van der Waals surface area contributed by atoms with Crippen molar-refractivity contribution < 1.29 is 28.9 Å². The van der Waals surface area contributed by atoms with E-state index in [-0.39, 0.29) is 18.9 Å². The molecule has 7 nitrogen and oxygen atoms in total. The van der Waals surface area contributed by atoms with E-state index in [2.05, 4.69) is 0 Å². The van der Waals surface area contributed by atoms with Gasteiger partial charge in [0.25, 0.3) is 0 Å². The number of nitrogens with zero attached hydrogens (tertiary/aromatic N) is 1. The Hall–Kier alpha value is -5.04. The van der Waals surface area contributed by atoms with Gasteiger partial charge in [-0.1, -0.05) is 78.9 Å². The molecule has 0 bridgehead atoms. The summed E-state index contributed by atoms with van der Waals surface area (Å²) in [4.78, 5) is 24.4. The Bertz CT molecular complexity index is 1530. The summed E-state index contributed by atoms with van der Waals surface area (Å²) in [6, 6.07) is 34.4. The molecule has 0 saturated heterocycles. The second kappa shape index (κ2) is 11.3. The predicted molar refractivity (Wildman–Crippen MR) is 142 cm³/mol. The predicted octanol–water partition coefficient (Wildman–Crippen LogP) is 6.24. The maximum atomic E-state index is 13.3. The molecule has 1 aromatic heterocycles. The Labute approximate surface area is 219 Å². The monoisotopic (exact) mass is 507 g/mol. The van der Waals surface area contributed by atoms with Crippen LogP contribution in [0.4, 0.5) is 0 Å². The van der Waals surface area contributed by atoms with Gasteiger partial charge in [-0.25, -0.2) is 9.59 Å². The molecule has 0 aliphatic rings. The first-order valence-electron chi connectivity index (χ1n) is 12.0. The average molecular weight is 508 g/mol. The quantitative estimate of drug-likeness (QED) is 0.225. The fourth-order valence-electron chi connectivity index (χ4n) is 4.05. The van der Waals surface area contributed by atoms with Crippen molar-refractivity contribution >= 4 is 22.8 Å². The SMILES string of the molecule is O=C(O)c1ccc(OCn2c(OC(C(=O)OCc3ccccc3)c3ccccc3)cc3ccccc32)cc1. The van der Waals surface area contributed by atoms with Gasteiger partial charge in [-0.15, -0.1) is 0 Å². The lowest BCUT2D eigenvalue weighted by molar-refractivity contribution is -0.154. The lowest BCUT2D eigenvalue weighted by atomic mass is 10.1. The third kappa shape index (κ3) is 5.68. The summed E-state index contributed by atoms with van der Waals surface area (Å²) >= 11 is 0. The lowest BCUT2D eigenvalue weighted by Crippen LogP contribution is -2.23. The molecule has 1 unspecified atom stereocenters. The highest BCUT2D eigenvalue weighted by Crippen LogP contribution is 2.31. The topological polar surface area (TPSA) is 87.0 Å². The summed E-state index contributed by atoms with van der Waals surface area (Å²) in [6.45, 7) is 0.209. The van der Waals surface area contributed by atoms with E-state index in [1.165, 1.54) is 12.1 Å². The highest BCUT2D eigenvalue weighted by Gasteiger charge is 2.26. The molecular weight excluding hydrogens is 482 g/mol. The molecule has 190 valence electrons. The van der Waals surface area contributed by atoms with Crippen molar-refractivity contribution in [2.75, 3.05) is 0 Å². The highest BCUT2D eigenvalue weighted by atomic mass is 16.6. The zero-order valence-electron chi connectivity index (χ0n) is 20.4. The Morgan fingerprint density at radius 1 is 0.789 bits per heavy atom. The summed E-state index contributed by atoms with van der Waals surface area (Å²) < 4.78 is 19.8. The van der Waals surface area contributed by atoms with Crippen LogP contribution in [-0.4, -0.2) is 21.6 Å². The Morgan fingerprint density at radius 3 is 2.16 bits per heavy atom. The maximum Gasteiger partial charge on any atom is 0.352 e. The molecule has 4 aromatic carbocycles. The number of benzene rings is 4. The summed E-state index contributed by atoms with van der Waals surface area (Å²) in [5.74, 6) is -0.587. The van der Waals surface area contributed by atoms with Gasteiger partial charge in [-0.05, 0) is 35.9 Å². The number of carbonyl (C=O) groups excluding carboxylic acids is 1. The Morgan fingerprint density at radius 2 is 1.45 bits per heavy atom. The van der Waals surface area contributed by atoms with Crippen molar-refractivity contribution in [3.8, 4) is 11.6 Å². The third-order valence-electron chi connectivity index (χ3n) is 6.01. The van der Waals surface area contributed by atoms with E-state index in [1.54, 1.807) is 12.1 Å². The van der Waals surface area contributed by atoms with E-state index < -0.39 is 18.0 Å². The van der Waals surface area contributed by atoms with Gasteiger partial charge in [0, 0.05) is 17.0 Å². The van der Waals surface area contributed by atoms with Crippen molar-refractivity contribution in [2.45, 2.75) is 19.4 Å². The van der Waals surface area contributed by atoms with E-state index >= 15 is 0 Å². The normalized spacial score (nSPS) is 11.6. The molecule has 1 N–H and O–H groups in total. The number of carboxylic acid groups (broad SMARTS) is 1. The largest absolute Gasteiger partial charge is 0.478 e. The van der Waals surface area contributed by atoms with Crippen molar-refractivity contribution in [3.05, 3.63) is 132 Å². The fraction of sp³-hybridized carbons (Fsp3) is 0.0968. The summed E-state index contributed by atoms with van der Waals surface area (Å²) in [5, 5.41) is 10.1. The van der Waals surface area contributed by atoms with Crippen LogP contribution in [0.15, 0.2) is 115 Å². The summed E-state index contributed by atoms with van der Waals surface area (Å²) in [5.41, 5.74) is 2.57. The van der Waals surface area contributed by atoms with Crippen LogP contribution in [-0.2, 0) is 22.9 Å². The number of fused-ring (bicyclic) bond motifs is 1.